The number of imidazole rings is 1. The van der Waals surface area contributed by atoms with Crippen LogP contribution in [0, 0.1) is 5.41 Å². The van der Waals surface area contributed by atoms with Crippen molar-refractivity contribution in [3.63, 3.8) is 0 Å². The van der Waals surface area contributed by atoms with Crippen LogP contribution in [0.1, 0.15) is 52.0 Å². The molecule has 0 unspecified atom stereocenters. The molecule has 0 aliphatic carbocycles. The van der Waals surface area contributed by atoms with Gasteiger partial charge in [0.2, 0.25) is 0 Å². The van der Waals surface area contributed by atoms with E-state index in [0.29, 0.717) is 5.82 Å². The second kappa shape index (κ2) is 4.84. The summed E-state index contributed by atoms with van der Waals surface area (Å²) in [6.45, 7) is 9.64. The number of aliphatic carboxylic acids is 1. The molecule has 2 aromatic rings. The van der Waals surface area contributed by atoms with Gasteiger partial charge in [-0.05, 0) is 37.0 Å². The third kappa shape index (κ3) is 2.78. The number of fused-ring (bicyclic) bond motifs is 1. The summed E-state index contributed by atoms with van der Waals surface area (Å²) in [5.41, 5.74) is 7.92. The van der Waals surface area contributed by atoms with Crippen LogP contribution in [0.25, 0.3) is 11.0 Å². The van der Waals surface area contributed by atoms with Gasteiger partial charge in [-0.25, -0.2) is 4.98 Å². The maximum Gasteiger partial charge on any atom is 0.311 e. The summed E-state index contributed by atoms with van der Waals surface area (Å²) in [5, 5.41) is 9.28. The summed E-state index contributed by atoms with van der Waals surface area (Å²) in [6, 6.07) is 5.34. The van der Waals surface area contributed by atoms with Crippen molar-refractivity contribution in [2.45, 2.75) is 46.1 Å². The Hall–Kier alpha value is -1.88. The number of hydrogen-bond acceptors (Lipinski definition) is 3. The van der Waals surface area contributed by atoms with E-state index in [4.69, 9.17) is 5.73 Å². The van der Waals surface area contributed by atoms with Gasteiger partial charge < -0.3 is 15.8 Å². The maximum atomic E-state index is 11.3. The third-order valence-electron chi connectivity index (χ3n) is 3.99. The molecule has 0 radical (unpaired) electrons. The van der Waals surface area contributed by atoms with Crippen molar-refractivity contribution in [3.8, 4) is 0 Å². The minimum absolute atomic E-state index is 0.0436. The van der Waals surface area contributed by atoms with Gasteiger partial charge in [0, 0.05) is 0 Å². The van der Waals surface area contributed by atoms with E-state index in [2.05, 4.69) is 30.7 Å². The minimum Gasteiger partial charge on any atom is -0.481 e. The van der Waals surface area contributed by atoms with E-state index < -0.39 is 17.4 Å². The summed E-state index contributed by atoms with van der Waals surface area (Å²) >= 11 is 0. The first-order valence-electron chi connectivity index (χ1n) is 7.02. The molecule has 4 N–H and O–H groups in total. The summed E-state index contributed by atoms with van der Waals surface area (Å²) in [5.74, 6) is -0.436. The van der Waals surface area contributed by atoms with Crippen molar-refractivity contribution in [1.82, 2.24) is 9.97 Å². The van der Waals surface area contributed by atoms with Crippen LogP contribution in [-0.2, 0) is 10.2 Å². The van der Waals surface area contributed by atoms with Crippen LogP contribution in [0.3, 0.4) is 0 Å². The molecule has 0 fully saturated rings. The Morgan fingerprint density at radius 2 is 1.90 bits per heavy atom. The lowest BCUT2D eigenvalue weighted by Gasteiger charge is -2.25. The van der Waals surface area contributed by atoms with E-state index in [9.17, 15) is 9.90 Å². The number of carboxylic acids is 1. The Morgan fingerprint density at radius 3 is 2.43 bits per heavy atom. The van der Waals surface area contributed by atoms with Gasteiger partial charge in [0.05, 0.1) is 22.5 Å². The fourth-order valence-electron chi connectivity index (χ4n) is 2.12. The molecule has 1 aromatic heterocycles. The van der Waals surface area contributed by atoms with Crippen LogP contribution in [0.15, 0.2) is 18.2 Å². The number of carbonyl (C=O) groups is 1. The average Bonchev–Trinajstić information content (AvgIpc) is 2.78. The minimum atomic E-state index is -1.08. The molecule has 0 amide bonds. The molecule has 0 aliphatic rings. The smallest absolute Gasteiger partial charge is 0.311 e. The van der Waals surface area contributed by atoms with Crippen LogP contribution in [0.4, 0.5) is 0 Å². The lowest BCUT2D eigenvalue weighted by atomic mass is 9.84. The fraction of sp³-hybridized carbons (Fsp3) is 0.500. The molecule has 5 heteroatoms. The standard InChI is InChI=1S/C16H23N3O2/c1-15(2,3)9-6-7-10-11(8-9)19-13(18-10)12(17)16(4,5)14(20)21/h6-8,12H,17H2,1-5H3,(H,18,19)(H,20,21)/t12-/m1/s1. The number of benzene rings is 1. The topological polar surface area (TPSA) is 92.0 Å². The zero-order valence-electron chi connectivity index (χ0n) is 13.2. The molecule has 0 saturated heterocycles. The van der Waals surface area contributed by atoms with Gasteiger partial charge in [-0.1, -0.05) is 26.8 Å². The van der Waals surface area contributed by atoms with Crippen molar-refractivity contribution in [3.05, 3.63) is 29.6 Å². The molecular weight excluding hydrogens is 266 g/mol. The number of hydrogen-bond donors (Lipinski definition) is 3. The number of carboxylic acid groups (broad SMARTS) is 1. The van der Waals surface area contributed by atoms with E-state index in [0.717, 1.165) is 11.0 Å². The van der Waals surface area contributed by atoms with Crippen LogP contribution < -0.4 is 5.73 Å². The molecule has 2 rings (SSSR count). The highest BCUT2D eigenvalue weighted by atomic mass is 16.4. The maximum absolute atomic E-state index is 11.3. The van der Waals surface area contributed by atoms with Crippen molar-refractivity contribution >= 4 is 17.0 Å². The number of nitrogens with zero attached hydrogens (tertiary/aromatic N) is 1. The molecule has 0 aliphatic heterocycles. The summed E-state index contributed by atoms with van der Waals surface area (Å²) in [7, 11) is 0. The highest BCUT2D eigenvalue weighted by Gasteiger charge is 2.37. The Balaban J connectivity index is 2.46. The van der Waals surface area contributed by atoms with Gasteiger partial charge in [-0.15, -0.1) is 0 Å². The molecule has 0 saturated carbocycles. The number of rotatable bonds is 3. The lowest BCUT2D eigenvalue weighted by molar-refractivity contribution is -0.148. The van der Waals surface area contributed by atoms with Crippen LogP contribution in [0.2, 0.25) is 0 Å². The lowest BCUT2D eigenvalue weighted by Crippen LogP contribution is -2.37. The van der Waals surface area contributed by atoms with Crippen molar-refractivity contribution in [2.24, 2.45) is 11.1 Å². The quantitative estimate of drug-likeness (QED) is 0.810. The van der Waals surface area contributed by atoms with Crippen molar-refractivity contribution in [2.75, 3.05) is 0 Å². The van der Waals surface area contributed by atoms with E-state index in [1.54, 1.807) is 13.8 Å². The van der Waals surface area contributed by atoms with E-state index in [1.807, 2.05) is 18.2 Å². The van der Waals surface area contributed by atoms with Gasteiger partial charge in [0.15, 0.2) is 0 Å². The number of nitrogens with one attached hydrogen (secondary N) is 1. The molecular formula is C16H23N3O2. The number of nitrogens with two attached hydrogens (primary N) is 1. The molecule has 1 heterocycles. The number of aromatic nitrogens is 2. The van der Waals surface area contributed by atoms with Crippen molar-refractivity contribution < 1.29 is 9.90 Å². The predicted octanol–water partition coefficient (Wildman–Crippen LogP) is 2.97. The molecule has 0 bridgehead atoms. The predicted molar refractivity (Wildman–Crippen MR) is 83.1 cm³/mol. The zero-order valence-corrected chi connectivity index (χ0v) is 13.2. The Morgan fingerprint density at radius 1 is 1.29 bits per heavy atom. The first-order valence-corrected chi connectivity index (χ1v) is 7.02. The van der Waals surface area contributed by atoms with Crippen LogP contribution >= 0.6 is 0 Å². The highest BCUT2D eigenvalue weighted by Crippen LogP contribution is 2.32. The second-order valence-electron chi connectivity index (χ2n) is 7.11. The molecule has 0 spiro atoms. The third-order valence-corrected chi connectivity index (χ3v) is 3.99. The molecule has 21 heavy (non-hydrogen) atoms. The monoisotopic (exact) mass is 289 g/mol. The molecule has 5 nitrogen and oxygen atoms in total. The normalized spacial score (nSPS) is 14.4. The Kier molecular flexibility index (Phi) is 3.58. The van der Waals surface area contributed by atoms with Gasteiger partial charge in [-0.2, -0.15) is 0 Å². The van der Waals surface area contributed by atoms with Crippen LogP contribution in [0.5, 0.6) is 0 Å². The SMILES string of the molecule is CC(C)(C)c1ccc2nc([C@@H](N)C(C)(C)C(=O)O)[nH]c2c1. The summed E-state index contributed by atoms with van der Waals surface area (Å²) in [6.07, 6.45) is 0. The summed E-state index contributed by atoms with van der Waals surface area (Å²) < 4.78 is 0. The second-order valence-corrected chi connectivity index (χ2v) is 7.11. The largest absolute Gasteiger partial charge is 0.481 e. The van der Waals surface area contributed by atoms with Gasteiger partial charge in [-0.3, -0.25) is 4.79 Å². The highest BCUT2D eigenvalue weighted by molar-refractivity contribution is 5.78. The zero-order chi connectivity index (χ0) is 16.0. The van der Waals surface area contributed by atoms with E-state index >= 15 is 0 Å². The first kappa shape index (κ1) is 15.5. The fourth-order valence-corrected chi connectivity index (χ4v) is 2.12. The van der Waals surface area contributed by atoms with Gasteiger partial charge >= 0.3 is 5.97 Å². The van der Waals surface area contributed by atoms with Crippen molar-refractivity contribution in [1.29, 1.82) is 0 Å². The summed E-state index contributed by atoms with van der Waals surface area (Å²) in [4.78, 5) is 18.9. The first-order chi connectivity index (χ1) is 9.53. The average molecular weight is 289 g/mol. The Labute approximate surface area is 124 Å². The molecule has 1 aromatic carbocycles. The van der Waals surface area contributed by atoms with Gasteiger partial charge in [0.25, 0.3) is 0 Å². The van der Waals surface area contributed by atoms with Crippen LogP contribution in [-0.4, -0.2) is 21.0 Å². The Bertz CT molecular complexity index is 680. The number of H-pyrrole nitrogens is 1. The molecule has 1 atom stereocenters. The number of aromatic amines is 1. The molecule has 114 valence electrons. The van der Waals surface area contributed by atoms with E-state index in [1.165, 1.54) is 5.56 Å². The van der Waals surface area contributed by atoms with E-state index in [-0.39, 0.29) is 5.41 Å². The van der Waals surface area contributed by atoms with Gasteiger partial charge in [0.1, 0.15) is 5.82 Å².